The SMILES string of the molecule is Cc1ccc(C(C)(O)C2CCCC2)s1. The van der Waals surface area contributed by atoms with Crippen LogP contribution in [-0.4, -0.2) is 5.11 Å². The smallest absolute Gasteiger partial charge is 0.0987 e. The molecule has 0 aromatic carbocycles. The van der Waals surface area contributed by atoms with Crippen LogP contribution >= 0.6 is 11.3 Å². The standard InChI is InChI=1S/C12H18OS/c1-9-7-8-11(14-9)12(2,13)10-5-3-4-6-10/h7-8,10,13H,3-6H2,1-2H3. The second-order valence-electron chi connectivity index (χ2n) is 4.54. The van der Waals surface area contributed by atoms with Crippen molar-refractivity contribution >= 4 is 11.3 Å². The number of aryl methyl sites for hydroxylation is 1. The molecule has 14 heavy (non-hydrogen) atoms. The first-order valence-corrected chi connectivity index (χ1v) is 6.21. The molecule has 0 saturated heterocycles. The summed E-state index contributed by atoms with van der Waals surface area (Å²) in [7, 11) is 0. The van der Waals surface area contributed by atoms with E-state index in [4.69, 9.17) is 0 Å². The Morgan fingerprint density at radius 1 is 1.36 bits per heavy atom. The Labute approximate surface area is 89.8 Å². The second-order valence-corrected chi connectivity index (χ2v) is 5.83. The zero-order valence-electron chi connectivity index (χ0n) is 8.92. The van der Waals surface area contributed by atoms with Crippen molar-refractivity contribution in [3.05, 3.63) is 21.9 Å². The summed E-state index contributed by atoms with van der Waals surface area (Å²) in [6, 6.07) is 4.18. The molecule has 1 nitrogen and oxygen atoms in total. The lowest BCUT2D eigenvalue weighted by Crippen LogP contribution is -2.28. The molecule has 0 spiro atoms. The van der Waals surface area contributed by atoms with Crippen molar-refractivity contribution in [1.82, 2.24) is 0 Å². The molecule has 1 heterocycles. The maximum Gasteiger partial charge on any atom is 0.0987 e. The first kappa shape index (κ1) is 10.2. The van der Waals surface area contributed by atoms with Crippen molar-refractivity contribution in [2.45, 2.75) is 45.1 Å². The highest BCUT2D eigenvalue weighted by atomic mass is 32.1. The van der Waals surface area contributed by atoms with Crippen molar-refractivity contribution in [1.29, 1.82) is 0 Å². The fourth-order valence-corrected chi connectivity index (χ4v) is 3.39. The van der Waals surface area contributed by atoms with Crippen LogP contribution in [-0.2, 0) is 5.60 Å². The third-order valence-corrected chi connectivity index (χ3v) is 4.62. The van der Waals surface area contributed by atoms with Gasteiger partial charge in [0.1, 0.15) is 0 Å². The van der Waals surface area contributed by atoms with E-state index in [0.29, 0.717) is 5.92 Å². The monoisotopic (exact) mass is 210 g/mol. The van der Waals surface area contributed by atoms with E-state index >= 15 is 0 Å². The molecule has 0 aliphatic heterocycles. The first-order chi connectivity index (χ1) is 6.60. The minimum Gasteiger partial charge on any atom is -0.384 e. The maximum atomic E-state index is 10.5. The molecular weight excluding hydrogens is 192 g/mol. The number of rotatable bonds is 2. The third-order valence-electron chi connectivity index (χ3n) is 3.39. The molecule has 78 valence electrons. The molecule has 0 radical (unpaired) electrons. The van der Waals surface area contributed by atoms with E-state index in [9.17, 15) is 5.11 Å². The van der Waals surface area contributed by atoms with E-state index in [0.717, 1.165) is 4.88 Å². The summed E-state index contributed by atoms with van der Waals surface area (Å²) in [5.74, 6) is 0.473. The summed E-state index contributed by atoms with van der Waals surface area (Å²) in [6.07, 6.45) is 4.93. The highest BCUT2D eigenvalue weighted by Crippen LogP contribution is 2.42. The highest BCUT2D eigenvalue weighted by Gasteiger charge is 2.36. The van der Waals surface area contributed by atoms with Crippen molar-refractivity contribution in [3.63, 3.8) is 0 Å². The molecule has 1 atom stereocenters. The molecule has 0 bridgehead atoms. The first-order valence-electron chi connectivity index (χ1n) is 5.40. The maximum absolute atomic E-state index is 10.5. The molecular formula is C12H18OS. The second kappa shape index (κ2) is 3.67. The fourth-order valence-electron chi connectivity index (χ4n) is 2.40. The normalized spacial score (nSPS) is 22.5. The summed E-state index contributed by atoms with van der Waals surface area (Å²) >= 11 is 1.73. The van der Waals surface area contributed by atoms with Crippen molar-refractivity contribution in [2.24, 2.45) is 5.92 Å². The van der Waals surface area contributed by atoms with Gasteiger partial charge < -0.3 is 5.11 Å². The Balaban J connectivity index is 2.22. The van der Waals surface area contributed by atoms with Gasteiger partial charge in [-0.05, 0) is 44.7 Å². The zero-order valence-corrected chi connectivity index (χ0v) is 9.73. The molecule has 1 aliphatic carbocycles. The van der Waals surface area contributed by atoms with Crippen molar-refractivity contribution < 1.29 is 5.11 Å². The lowest BCUT2D eigenvalue weighted by atomic mass is 9.86. The lowest BCUT2D eigenvalue weighted by Gasteiger charge is -2.28. The number of thiophene rings is 1. The van der Waals surface area contributed by atoms with E-state index in [1.54, 1.807) is 11.3 Å². The summed E-state index contributed by atoms with van der Waals surface area (Å²) in [5, 5.41) is 10.5. The number of aliphatic hydroxyl groups is 1. The van der Waals surface area contributed by atoms with Crippen LogP contribution in [0.1, 0.15) is 42.4 Å². The molecule has 1 aromatic heterocycles. The van der Waals surface area contributed by atoms with Crippen LogP contribution in [0.2, 0.25) is 0 Å². The Hall–Kier alpha value is -0.340. The van der Waals surface area contributed by atoms with Crippen molar-refractivity contribution in [2.75, 3.05) is 0 Å². The largest absolute Gasteiger partial charge is 0.384 e. The molecule has 2 heteroatoms. The van der Waals surface area contributed by atoms with Gasteiger partial charge in [-0.15, -0.1) is 11.3 Å². The molecule has 0 amide bonds. The fraction of sp³-hybridized carbons (Fsp3) is 0.667. The molecule has 1 unspecified atom stereocenters. The van der Waals surface area contributed by atoms with Gasteiger partial charge >= 0.3 is 0 Å². The topological polar surface area (TPSA) is 20.2 Å². The van der Waals surface area contributed by atoms with Crippen molar-refractivity contribution in [3.8, 4) is 0 Å². The van der Waals surface area contributed by atoms with Crippen LogP contribution in [0.3, 0.4) is 0 Å². The minimum absolute atomic E-state index is 0.473. The van der Waals surface area contributed by atoms with Gasteiger partial charge in [-0.1, -0.05) is 12.8 Å². The van der Waals surface area contributed by atoms with E-state index in [2.05, 4.69) is 19.1 Å². The Bertz CT molecular complexity index is 308. The molecule has 2 rings (SSSR count). The zero-order chi connectivity index (χ0) is 10.2. The molecule has 1 aliphatic rings. The average molecular weight is 210 g/mol. The van der Waals surface area contributed by atoms with Crippen LogP contribution in [0.5, 0.6) is 0 Å². The van der Waals surface area contributed by atoms with E-state index < -0.39 is 5.60 Å². The Morgan fingerprint density at radius 2 is 2.00 bits per heavy atom. The summed E-state index contributed by atoms with van der Waals surface area (Å²) in [4.78, 5) is 2.43. The van der Waals surface area contributed by atoms with E-state index in [-0.39, 0.29) is 0 Å². The summed E-state index contributed by atoms with van der Waals surface area (Å²) in [5.41, 5.74) is -0.588. The Kier molecular flexibility index (Phi) is 2.67. The number of hydrogen-bond acceptors (Lipinski definition) is 2. The van der Waals surface area contributed by atoms with Gasteiger partial charge in [0, 0.05) is 9.75 Å². The molecule has 1 saturated carbocycles. The van der Waals surface area contributed by atoms with Crippen LogP contribution in [0.25, 0.3) is 0 Å². The minimum atomic E-state index is -0.588. The van der Waals surface area contributed by atoms with Gasteiger partial charge in [0.15, 0.2) is 0 Å². The van der Waals surface area contributed by atoms with Gasteiger partial charge in [0.2, 0.25) is 0 Å². The predicted octanol–water partition coefficient (Wildman–Crippen LogP) is 3.45. The number of hydrogen-bond donors (Lipinski definition) is 1. The van der Waals surface area contributed by atoms with Gasteiger partial charge in [0.05, 0.1) is 5.60 Å². The van der Waals surface area contributed by atoms with Crippen LogP contribution < -0.4 is 0 Å². The highest BCUT2D eigenvalue weighted by molar-refractivity contribution is 7.12. The quantitative estimate of drug-likeness (QED) is 0.792. The Morgan fingerprint density at radius 3 is 2.50 bits per heavy atom. The summed E-state index contributed by atoms with van der Waals surface area (Å²) in [6.45, 7) is 4.08. The van der Waals surface area contributed by atoms with Crippen LogP contribution in [0.4, 0.5) is 0 Å². The van der Waals surface area contributed by atoms with Crippen LogP contribution in [0.15, 0.2) is 12.1 Å². The van der Waals surface area contributed by atoms with Gasteiger partial charge in [-0.25, -0.2) is 0 Å². The van der Waals surface area contributed by atoms with E-state index in [1.807, 2.05) is 6.92 Å². The molecule has 1 N–H and O–H groups in total. The average Bonchev–Trinajstić information content (AvgIpc) is 2.72. The lowest BCUT2D eigenvalue weighted by molar-refractivity contribution is 0.000156. The molecule has 1 fully saturated rings. The third kappa shape index (κ3) is 1.73. The van der Waals surface area contributed by atoms with Gasteiger partial charge in [-0.3, -0.25) is 0 Å². The predicted molar refractivity (Wildman–Crippen MR) is 60.6 cm³/mol. The summed E-state index contributed by atoms with van der Waals surface area (Å²) < 4.78 is 0. The van der Waals surface area contributed by atoms with Gasteiger partial charge in [0.25, 0.3) is 0 Å². The molecule has 1 aromatic rings. The van der Waals surface area contributed by atoms with Crippen LogP contribution in [0, 0.1) is 12.8 Å². The van der Waals surface area contributed by atoms with Gasteiger partial charge in [-0.2, -0.15) is 0 Å². The van der Waals surface area contributed by atoms with E-state index in [1.165, 1.54) is 30.6 Å².